The molecule has 2 rings (SSSR count). The zero-order chi connectivity index (χ0) is 14.9. The van der Waals surface area contributed by atoms with E-state index < -0.39 is 0 Å². The van der Waals surface area contributed by atoms with E-state index in [1.54, 1.807) is 6.07 Å². The minimum Gasteiger partial charge on any atom is -0.494 e. The fraction of sp³-hybridized carbons (Fsp3) is 0.400. The third kappa shape index (κ3) is 2.63. The highest BCUT2D eigenvalue weighted by atomic mass is 16.5. The van der Waals surface area contributed by atoms with Gasteiger partial charge in [0.05, 0.1) is 23.4 Å². The molecule has 5 nitrogen and oxygen atoms in total. The first kappa shape index (κ1) is 14.4. The largest absolute Gasteiger partial charge is 0.494 e. The van der Waals surface area contributed by atoms with E-state index in [2.05, 4.69) is 30.7 Å². The van der Waals surface area contributed by atoms with Gasteiger partial charge in [0.1, 0.15) is 5.75 Å². The summed E-state index contributed by atoms with van der Waals surface area (Å²) in [6.45, 7) is 8.59. The maximum absolute atomic E-state index is 12.0. The van der Waals surface area contributed by atoms with E-state index in [4.69, 9.17) is 10.6 Å². The summed E-state index contributed by atoms with van der Waals surface area (Å²) in [5.74, 6) is 5.61. The number of fused-ring (bicyclic) bond motifs is 1. The molecule has 4 N–H and O–H groups in total. The first-order chi connectivity index (χ1) is 9.38. The molecule has 0 aliphatic carbocycles. The number of carbonyl (C=O) groups excluding carboxylic acids is 1. The normalized spacial score (nSPS) is 15.8. The van der Waals surface area contributed by atoms with Gasteiger partial charge in [-0.1, -0.05) is 6.08 Å². The maximum atomic E-state index is 12.0. The number of nitrogens with one attached hydrogen (secondary N) is 2. The van der Waals surface area contributed by atoms with E-state index in [1.165, 1.54) is 0 Å². The van der Waals surface area contributed by atoms with Crippen LogP contribution in [0, 0.1) is 0 Å². The molecule has 1 heterocycles. The Kier molecular flexibility index (Phi) is 3.72. The lowest BCUT2D eigenvalue weighted by Crippen LogP contribution is -2.35. The number of hydrogen-bond acceptors (Lipinski definition) is 4. The van der Waals surface area contributed by atoms with E-state index in [1.807, 2.05) is 19.9 Å². The topological polar surface area (TPSA) is 76.4 Å². The smallest absolute Gasteiger partial charge is 0.267 e. The predicted molar refractivity (Wildman–Crippen MR) is 80.6 cm³/mol. The van der Waals surface area contributed by atoms with Crippen molar-refractivity contribution in [2.75, 3.05) is 11.9 Å². The van der Waals surface area contributed by atoms with Gasteiger partial charge in [0.15, 0.2) is 0 Å². The zero-order valence-electron chi connectivity index (χ0n) is 12.3. The lowest BCUT2D eigenvalue weighted by Gasteiger charge is -2.33. The number of amides is 1. The third-order valence-electron chi connectivity index (χ3n) is 3.25. The molecule has 108 valence electrons. The number of hydrogen-bond donors (Lipinski definition) is 3. The lowest BCUT2D eigenvalue weighted by molar-refractivity contribution is 0.0954. The zero-order valence-corrected chi connectivity index (χ0v) is 12.3. The molecular formula is C15H21N3O2. The molecule has 0 aromatic heterocycles. The van der Waals surface area contributed by atoms with Crippen LogP contribution in [0.2, 0.25) is 0 Å². The Hall–Kier alpha value is -2.01. The van der Waals surface area contributed by atoms with Gasteiger partial charge >= 0.3 is 0 Å². The number of anilines is 1. The summed E-state index contributed by atoms with van der Waals surface area (Å²) in [6.07, 6.45) is 2.13. The Morgan fingerprint density at radius 2 is 2.15 bits per heavy atom. The molecule has 0 spiro atoms. The van der Waals surface area contributed by atoms with Crippen LogP contribution in [0.3, 0.4) is 0 Å². The molecule has 1 aromatic rings. The van der Waals surface area contributed by atoms with E-state index >= 15 is 0 Å². The minimum absolute atomic E-state index is 0.214. The first-order valence-corrected chi connectivity index (χ1v) is 6.67. The van der Waals surface area contributed by atoms with Crippen molar-refractivity contribution < 1.29 is 9.53 Å². The van der Waals surface area contributed by atoms with Crippen molar-refractivity contribution in [3.8, 4) is 5.75 Å². The van der Waals surface area contributed by atoms with Crippen molar-refractivity contribution in [2.45, 2.75) is 33.2 Å². The Balaban J connectivity index is 2.63. The fourth-order valence-electron chi connectivity index (χ4n) is 2.55. The van der Waals surface area contributed by atoms with Crippen LogP contribution in [0.25, 0.3) is 5.57 Å². The number of nitrogens with two attached hydrogens (primary N) is 1. The summed E-state index contributed by atoms with van der Waals surface area (Å²) in [4.78, 5) is 12.0. The Morgan fingerprint density at radius 1 is 1.45 bits per heavy atom. The van der Waals surface area contributed by atoms with Gasteiger partial charge in [-0.15, -0.1) is 0 Å². The summed E-state index contributed by atoms with van der Waals surface area (Å²) in [5.41, 5.74) is 5.34. The van der Waals surface area contributed by atoms with E-state index in [9.17, 15) is 4.79 Å². The number of rotatable bonds is 3. The van der Waals surface area contributed by atoms with Crippen LogP contribution in [0.5, 0.6) is 5.75 Å². The molecule has 0 radical (unpaired) electrons. The van der Waals surface area contributed by atoms with Crippen molar-refractivity contribution in [1.82, 2.24) is 5.43 Å². The number of ether oxygens (including phenoxy) is 1. The lowest BCUT2D eigenvalue weighted by atomic mass is 9.89. The molecule has 0 fully saturated rings. The van der Waals surface area contributed by atoms with Gasteiger partial charge < -0.3 is 10.1 Å². The number of carbonyl (C=O) groups is 1. The highest BCUT2D eigenvalue weighted by Crippen LogP contribution is 2.38. The number of benzene rings is 1. The number of nitrogen functional groups attached to an aromatic ring is 1. The van der Waals surface area contributed by atoms with Gasteiger partial charge in [-0.05, 0) is 45.4 Å². The molecule has 0 unspecified atom stereocenters. The highest BCUT2D eigenvalue weighted by Gasteiger charge is 2.27. The van der Waals surface area contributed by atoms with Crippen molar-refractivity contribution >= 4 is 17.2 Å². The standard InChI is InChI=1S/C15H21N3O2/c1-5-20-10-6-11-9(2)8-15(3,4)17-13(11)12(7-10)14(19)18-16/h6-8,17H,5,16H2,1-4H3,(H,18,19). The van der Waals surface area contributed by atoms with Crippen LogP contribution in [-0.4, -0.2) is 18.1 Å². The maximum Gasteiger partial charge on any atom is 0.267 e. The van der Waals surface area contributed by atoms with Crippen molar-refractivity contribution in [3.05, 3.63) is 29.3 Å². The summed E-state index contributed by atoms with van der Waals surface area (Å²) in [5, 5.41) is 3.37. The third-order valence-corrected chi connectivity index (χ3v) is 3.25. The molecule has 1 aliphatic heterocycles. The summed E-state index contributed by atoms with van der Waals surface area (Å²) >= 11 is 0. The van der Waals surface area contributed by atoms with Gasteiger partial charge in [-0.2, -0.15) is 0 Å². The average molecular weight is 275 g/mol. The molecule has 20 heavy (non-hydrogen) atoms. The second kappa shape index (κ2) is 5.17. The number of allylic oxidation sites excluding steroid dienone is 1. The van der Waals surface area contributed by atoms with Gasteiger partial charge in [0.2, 0.25) is 0 Å². The summed E-state index contributed by atoms with van der Waals surface area (Å²) in [7, 11) is 0. The first-order valence-electron chi connectivity index (χ1n) is 6.67. The van der Waals surface area contributed by atoms with Crippen molar-refractivity contribution in [3.63, 3.8) is 0 Å². The van der Waals surface area contributed by atoms with Crippen LogP contribution >= 0.6 is 0 Å². The van der Waals surface area contributed by atoms with E-state index in [-0.39, 0.29) is 11.4 Å². The van der Waals surface area contributed by atoms with Crippen LogP contribution in [0.1, 0.15) is 43.6 Å². The fourth-order valence-corrected chi connectivity index (χ4v) is 2.55. The Bertz CT molecular complexity index is 577. The molecule has 1 amide bonds. The quantitative estimate of drug-likeness (QED) is 0.449. The minimum atomic E-state index is -0.333. The van der Waals surface area contributed by atoms with Gasteiger partial charge in [0.25, 0.3) is 5.91 Å². The summed E-state index contributed by atoms with van der Waals surface area (Å²) < 4.78 is 5.53. The molecule has 1 aromatic carbocycles. The Morgan fingerprint density at radius 3 is 2.75 bits per heavy atom. The molecule has 0 saturated carbocycles. The van der Waals surface area contributed by atoms with E-state index in [0.29, 0.717) is 17.9 Å². The SMILES string of the molecule is CCOc1cc(C(=O)NN)c2c(c1)C(C)=CC(C)(C)N2. The molecular weight excluding hydrogens is 254 g/mol. The van der Waals surface area contributed by atoms with Crippen LogP contribution in [0.4, 0.5) is 5.69 Å². The molecule has 0 saturated heterocycles. The molecule has 0 bridgehead atoms. The Labute approximate surface area is 119 Å². The van der Waals surface area contributed by atoms with Crippen molar-refractivity contribution in [2.24, 2.45) is 5.84 Å². The predicted octanol–water partition coefficient (Wildman–Crippen LogP) is 2.30. The van der Waals surface area contributed by atoms with Crippen LogP contribution in [-0.2, 0) is 0 Å². The monoisotopic (exact) mass is 275 g/mol. The highest BCUT2D eigenvalue weighted by molar-refractivity contribution is 6.03. The summed E-state index contributed by atoms with van der Waals surface area (Å²) in [6, 6.07) is 3.66. The molecule has 5 heteroatoms. The molecule has 1 aliphatic rings. The molecule has 0 atom stereocenters. The number of hydrazine groups is 1. The van der Waals surface area contributed by atoms with Crippen LogP contribution < -0.4 is 21.3 Å². The van der Waals surface area contributed by atoms with Gasteiger partial charge in [0, 0.05) is 5.56 Å². The second-order valence-corrected chi connectivity index (χ2v) is 5.47. The average Bonchev–Trinajstić information content (AvgIpc) is 2.37. The van der Waals surface area contributed by atoms with Crippen molar-refractivity contribution in [1.29, 1.82) is 0 Å². The second-order valence-electron chi connectivity index (χ2n) is 5.47. The van der Waals surface area contributed by atoms with Gasteiger partial charge in [-0.25, -0.2) is 5.84 Å². The van der Waals surface area contributed by atoms with E-state index in [0.717, 1.165) is 16.8 Å². The van der Waals surface area contributed by atoms with Gasteiger partial charge in [-0.3, -0.25) is 10.2 Å². The van der Waals surface area contributed by atoms with Crippen LogP contribution in [0.15, 0.2) is 18.2 Å².